The predicted octanol–water partition coefficient (Wildman–Crippen LogP) is 5.27. The van der Waals surface area contributed by atoms with Crippen LogP contribution in [0.15, 0.2) is 33.6 Å². The zero-order chi connectivity index (χ0) is 14.2. The largest absolute Gasteiger partial charge is 0.279 e. The highest BCUT2D eigenvalue weighted by Crippen LogP contribution is 2.43. The second kappa shape index (κ2) is 5.79. The molecule has 0 fully saturated rings. The third-order valence-corrected chi connectivity index (χ3v) is 7.16. The minimum absolute atomic E-state index is 0.0795. The van der Waals surface area contributed by atoms with Gasteiger partial charge in [-0.25, -0.2) is 8.42 Å². The molecule has 102 valence electrons. The second-order valence-electron chi connectivity index (χ2n) is 3.41. The molecule has 2 aromatic rings. The first-order valence-electron chi connectivity index (χ1n) is 4.73. The summed E-state index contributed by atoms with van der Waals surface area (Å²) in [5, 5.41) is 0.425. The molecule has 0 unspecified atom stereocenters. The monoisotopic (exact) mass is 419 g/mol. The van der Waals surface area contributed by atoms with Crippen molar-refractivity contribution in [2.24, 2.45) is 0 Å². The minimum Gasteiger partial charge on any atom is -0.279 e. The molecule has 0 bridgehead atoms. The van der Waals surface area contributed by atoms with Crippen LogP contribution in [0.4, 0.5) is 5.69 Å². The van der Waals surface area contributed by atoms with Crippen LogP contribution in [-0.2, 0) is 10.0 Å². The van der Waals surface area contributed by atoms with Gasteiger partial charge in [-0.2, -0.15) is 0 Å². The molecule has 0 aliphatic heterocycles. The lowest BCUT2D eigenvalue weighted by Crippen LogP contribution is -2.13. The van der Waals surface area contributed by atoms with Gasteiger partial charge in [-0.05, 0) is 34.1 Å². The summed E-state index contributed by atoms with van der Waals surface area (Å²) in [5.41, 5.74) is 0.345. The van der Waals surface area contributed by atoms with Crippen molar-refractivity contribution in [2.75, 3.05) is 4.72 Å². The SMILES string of the molecule is O=S(=O)(Nc1cccc(Cl)c1)c1c(Cl)sc(Cl)c1Br. The molecule has 0 spiro atoms. The normalized spacial score (nSPS) is 11.6. The molecule has 0 amide bonds. The molecule has 1 aromatic carbocycles. The average Bonchev–Trinajstić information content (AvgIpc) is 2.52. The van der Waals surface area contributed by atoms with E-state index >= 15 is 0 Å². The number of thiophene rings is 1. The summed E-state index contributed by atoms with van der Waals surface area (Å²) in [7, 11) is -3.83. The lowest BCUT2D eigenvalue weighted by molar-refractivity contribution is 0.601. The van der Waals surface area contributed by atoms with Gasteiger partial charge in [0.2, 0.25) is 0 Å². The maximum atomic E-state index is 12.2. The van der Waals surface area contributed by atoms with Crippen LogP contribution in [0.25, 0.3) is 0 Å². The van der Waals surface area contributed by atoms with Gasteiger partial charge in [0, 0.05) is 5.02 Å². The van der Waals surface area contributed by atoms with Gasteiger partial charge >= 0.3 is 0 Å². The van der Waals surface area contributed by atoms with Crippen molar-refractivity contribution in [3.05, 3.63) is 42.4 Å². The Kier molecular flexibility index (Phi) is 4.70. The first-order chi connectivity index (χ1) is 8.81. The van der Waals surface area contributed by atoms with E-state index < -0.39 is 10.0 Å². The molecule has 0 aliphatic rings. The molecule has 0 radical (unpaired) electrons. The van der Waals surface area contributed by atoms with E-state index in [9.17, 15) is 8.42 Å². The number of nitrogens with one attached hydrogen (secondary N) is 1. The summed E-state index contributed by atoms with van der Waals surface area (Å²) in [4.78, 5) is -0.0795. The standard InChI is InChI=1S/C10H5BrCl3NO2S2/c11-7-8(10(14)18-9(7)13)19(16,17)15-6-3-1-2-5(12)4-6/h1-4,15H. The molecule has 1 aromatic heterocycles. The van der Waals surface area contributed by atoms with Crippen molar-refractivity contribution >= 4 is 77.8 Å². The van der Waals surface area contributed by atoms with Crippen molar-refractivity contribution in [1.82, 2.24) is 0 Å². The third-order valence-electron chi connectivity index (χ3n) is 2.08. The molecule has 19 heavy (non-hydrogen) atoms. The van der Waals surface area contributed by atoms with Crippen LogP contribution < -0.4 is 4.72 Å². The smallest absolute Gasteiger partial charge is 0.265 e. The Hall–Kier alpha value is 0.0200. The fourth-order valence-corrected chi connectivity index (χ4v) is 6.13. The van der Waals surface area contributed by atoms with E-state index in [0.29, 0.717) is 10.7 Å². The zero-order valence-electron chi connectivity index (χ0n) is 8.95. The highest BCUT2D eigenvalue weighted by Gasteiger charge is 2.26. The van der Waals surface area contributed by atoms with Crippen molar-refractivity contribution in [3.63, 3.8) is 0 Å². The van der Waals surface area contributed by atoms with E-state index in [1.807, 2.05) is 0 Å². The van der Waals surface area contributed by atoms with Crippen LogP contribution in [0, 0.1) is 0 Å². The van der Waals surface area contributed by atoms with Crippen molar-refractivity contribution in [3.8, 4) is 0 Å². The Morgan fingerprint density at radius 1 is 1.16 bits per heavy atom. The molecule has 1 heterocycles. The average molecular weight is 422 g/mol. The number of benzene rings is 1. The Morgan fingerprint density at radius 3 is 2.37 bits per heavy atom. The van der Waals surface area contributed by atoms with E-state index in [2.05, 4.69) is 20.7 Å². The van der Waals surface area contributed by atoms with Crippen LogP contribution in [0.1, 0.15) is 0 Å². The van der Waals surface area contributed by atoms with Crippen molar-refractivity contribution in [2.45, 2.75) is 4.90 Å². The Labute approximate surface area is 137 Å². The number of halogens is 4. The quantitative estimate of drug-likeness (QED) is 0.734. The third kappa shape index (κ3) is 3.37. The fraction of sp³-hybridized carbons (Fsp3) is 0. The Bertz CT molecular complexity index is 730. The number of sulfonamides is 1. The zero-order valence-corrected chi connectivity index (χ0v) is 14.4. The number of anilines is 1. The summed E-state index contributed by atoms with van der Waals surface area (Å²) < 4.78 is 27.5. The lowest BCUT2D eigenvalue weighted by Gasteiger charge is -2.08. The molecule has 0 saturated carbocycles. The Balaban J connectivity index is 2.44. The van der Waals surface area contributed by atoms with Gasteiger partial charge in [0.1, 0.15) is 13.6 Å². The molecule has 3 nitrogen and oxygen atoms in total. The first kappa shape index (κ1) is 15.4. The second-order valence-corrected chi connectivity index (χ2v) is 8.48. The van der Waals surface area contributed by atoms with E-state index in [4.69, 9.17) is 34.8 Å². The highest BCUT2D eigenvalue weighted by molar-refractivity contribution is 9.10. The van der Waals surface area contributed by atoms with Gasteiger partial charge in [-0.15, -0.1) is 11.3 Å². The van der Waals surface area contributed by atoms with Gasteiger partial charge < -0.3 is 0 Å². The molecule has 0 atom stereocenters. The molecule has 2 rings (SSSR count). The summed E-state index contributed by atoms with van der Waals surface area (Å²) in [6.45, 7) is 0. The molecular weight excluding hydrogens is 417 g/mol. The van der Waals surface area contributed by atoms with Gasteiger partial charge in [0.15, 0.2) is 0 Å². The highest BCUT2D eigenvalue weighted by atomic mass is 79.9. The Morgan fingerprint density at radius 2 is 1.84 bits per heavy atom. The lowest BCUT2D eigenvalue weighted by atomic mass is 10.3. The fourth-order valence-electron chi connectivity index (χ4n) is 1.33. The molecule has 0 saturated heterocycles. The summed E-state index contributed by atoms with van der Waals surface area (Å²) >= 11 is 21.6. The van der Waals surface area contributed by atoms with E-state index in [1.165, 1.54) is 6.07 Å². The number of hydrogen-bond acceptors (Lipinski definition) is 3. The van der Waals surface area contributed by atoms with Gasteiger partial charge in [0.25, 0.3) is 10.0 Å². The maximum Gasteiger partial charge on any atom is 0.265 e. The van der Waals surface area contributed by atoms with Crippen LogP contribution in [0.5, 0.6) is 0 Å². The molecule has 1 N–H and O–H groups in total. The molecular formula is C10H5BrCl3NO2S2. The van der Waals surface area contributed by atoms with Gasteiger partial charge in [-0.1, -0.05) is 40.9 Å². The number of hydrogen-bond donors (Lipinski definition) is 1. The minimum atomic E-state index is -3.83. The van der Waals surface area contributed by atoms with Crippen LogP contribution in [-0.4, -0.2) is 8.42 Å². The van der Waals surface area contributed by atoms with Crippen molar-refractivity contribution in [1.29, 1.82) is 0 Å². The van der Waals surface area contributed by atoms with Crippen LogP contribution >= 0.6 is 62.1 Å². The van der Waals surface area contributed by atoms with Crippen LogP contribution in [0.2, 0.25) is 13.7 Å². The predicted molar refractivity (Wildman–Crippen MR) is 84.3 cm³/mol. The summed E-state index contributed by atoms with van der Waals surface area (Å²) in [6.07, 6.45) is 0. The maximum absolute atomic E-state index is 12.2. The summed E-state index contributed by atoms with van der Waals surface area (Å²) in [5.74, 6) is 0. The van der Waals surface area contributed by atoms with Crippen molar-refractivity contribution < 1.29 is 8.42 Å². The van der Waals surface area contributed by atoms with E-state index in [-0.39, 0.29) is 18.0 Å². The van der Waals surface area contributed by atoms with E-state index in [0.717, 1.165) is 11.3 Å². The van der Waals surface area contributed by atoms with Gasteiger partial charge in [0.05, 0.1) is 10.2 Å². The first-order valence-corrected chi connectivity index (χ1v) is 8.95. The van der Waals surface area contributed by atoms with Gasteiger partial charge in [-0.3, -0.25) is 4.72 Å². The number of rotatable bonds is 3. The van der Waals surface area contributed by atoms with Crippen LogP contribution in [0.3, 0.4) is 0 Å². The molecule has 9 heteroatoms. The molecule has 0 aliphatic carbocycles. The summed E-state index contributed by atoms with van der Waals surface area (Å²) in [6, 6.07) is 6.36. The van der Waals surface area contributed by atoms with E-state index in [1.54, 1.807) is 18.2 Å². The topological polar surface area (TPSA) is 46.2 Å².